The Balaban J connectivity index is 1.83. The van der Waals surface area contributed by atoms with Gasteiger partial charge in [0.15, 0.2) is 0 Å². The Morgan fingerprint density at radius 1 is 1.40 bits per heavy atom. The van der Waals surface area contributed by atoms with E-state index in [1.807, 2.05) is 0 Å². The largest absolute Gasteiger partial charge is 0.378 e. The van der Waals surface area contributed by atoms with Crippen LogP contribution in [0, 0.1) is 0 Å². The lowest BCUT2D eigenvalue weighted by molar-refractivity contribution is -0.139. The minimum Gasteiger partial charge on any atom is -0.378 e. The van der Waals surface area contributed by atoms with Crippen molar-refractivity contribution < 1.29 is 23.1 Å². The molecule has 2 saturated heterocycles. The number of halogens is 2. The number of carbonyl (C=O) groups is 2. The third-order valence-corrected chi connectivity index (χ3v) is 3.48. The van der Waals surface area contributed by atoms with E-state index in [9.17, 15) is 18.4 Å². The van der Waals surface area contributed by atoms with E-state index < -0.39 is 36.9 Å². The van der Waals surface area contributed by atoms with Crippen LogP contribution in [0.1, 0.15) is 13.3 Å². The zero-order valence-corrected chi connectivity index (χ0v) is 11.3. The molecule has 2 amide bonds. The standard InChI is InChI=1S/C12H19F2N3O3/c1-8(11(19)17-2-4-20-5-3-17)16-10(18)9-6-12(13,14)7-15-9/h8-9,15H,2-7H2,1H3,(H,16,18). The van der Waals surface area contributed by atoms with Crippen LogP contribution in [0.2, 0.25) is 0 Å². The van der Waals surface area contributed by atoms with Crippen LogP contribution in [0.4, 0.5) is 8.78 Å². The van der Waals surface area contributed by atoms with E-state index in [-0.39, 0.29) is 5.91 Å². The number of carbonyl (C=O) groups excluding carboxylic acids is 2. The van der Waals surface area contributed by atoms with Crippen LogP contribution in [0.25, 0.3) is 0 Å². The van der Waals surface area contributed by atoms with Gasteiger partial charge in [0.1, 0.15) is 6.04 Å². The van der Waals surface area contributed by atoms with Crippen molar-refractivity contribution in [2.75, 3.05) is 32.8 Å². The smallest absolute Gasteiger partial charge is 0.262 e. The Morgan fingerprint density at radius 3 is 2.60 bits per heavy atom. The second-order valence-electron chi connectivity index (χ2n) is 5.16. The Morgan fingerprint density at radius 2 is 2.05 bits per heavy atom. The molecule has 2 N–H and O–H groups in total. The highest BCUT2D eigenvalue weighted by Gasteiger charge is 2.42. The van der Waals surface area contributed by atoms with Crippen LogP contribution >= 0.6 is 0 Å². The molecule has 0 aromatic carbocycles. The van der Waals surface area contributed by atoms with Gasteiger partial charge in [-0.05, 0) is 6.92 Å². The summed E-state index contributed by atoms with van der Waals surface area (Å²) in [6.07, 6.45) is -0.530. The van der Waals surface area contributed by atoms with Crippen molar-refractivity contribution >= 4 is 11.8 Å². The summed E-state index contributed by atoms with van der Waals surface area (Å²) in [5, 5.41) is 4.95. The van der Waals surface area contributed by atoms with E-state index >= 15 is 0 Å². The van der Waals surface area contributed by atoms with Gasteiger partial charge in [-0.15, -0.1) is 0 Å². The first-order chi connectivity index (χ1) is 9.39. The van der Waals surface area contributed by atoms with Crippen LogP contribution in [-0.4, -0.2) is 67.6 Å². The molecule has 0 bridgehead atoms. The summed E-state index contributed by atoms with van der Waals surface area (Å²) < 4.78 is 31.2. The van der Waals surface area contributed by atoms with Crippen LogP contribution in [-0.2, 0) is 14.3 Å². The molecular formula is C12H19F2N3O3. The molecule has 20 heavy (non-hydrogen) atoms. The van der Waals surface area contributed by atoms with Crippen molar-refractivity contribution in [3.63, 3.8) is 0 Å². The number of nitrogens with one attached hydrogen (secondary N) is 2. The van der Waals surface area contributed by atoms with Crippen molar-refractivity contribution in [2.45, 2.75) is 31.4 Å². The second-order valence-corrected chi connectivity index (χ2v) is 5.16. The van der Waals surface area contributed by atoms with E-state index in [1.165, 1.54) is 0 Å². The van der Waals surface area contributed by atoms with E-state index in [0.717, 1.165) is 0 Å². The van der Waals surface area contributed by atoms with Gasteiger partial charge < -0.3 is 15.0 Å². The fourth-order valence-corrected chi connectivity index (χ4v) is 2.33. The maximum absolute atomic E-state index is 13.0. The average Bonchev–Trinajstić information content (AvgIpc) is 2.79. The fraction of sp³-hybridized carbons (Fsp3) is 0.833. The third kappa shape index (κ3) is 3.63. The molecule has 0 spiro atoms. The zero-order valence-electron chi connectivity index (χ0n) is 11.3. The van der Waals surface area contributed by atoms with Gasteiger partial charge in [-0.1, -0.05) is 0 Å². The summed E-state index contributed by atoms with van der Waals surface area (Å²) in [5.74, 6) is -3.64. The number of hydrogen-bond donors (Lipinski definition) is 2. The molecule has 2 aliphatic heterocycles. The maximum atomic E-state index is 13.0. The number of hydrogen-bond acceptors (Lipinski definition) is 4. The number of rotatable bonds is 3. The summed E-state index contributed by atoms with van der Waals surface area (Å²) in [6.45, 7) is 2.98. The number of alkyl halides is 2. The molecule has 0 aromatic rings. The first-order valence-corrected chi connectivity index (χ1v) is 6.67. The molecule has 2 aliphatic rings. The fourth-order valence-electron chi connectivity index (χ4n) is 2.33. The van der Waals surface area contributed by atoms with Gasteiger partial charge in [0, 0.05) is 19.5 Å². The number of ether oxygens (including phenoxy) is 1. The first kappa shape index (κ1) is 15.1. The summed E-state index contributed by atoms with van der Waals surface area (Å²) in [6, 6.07) is -1.67. The number of amides is 2. The molecule has 2 atom stereocenters. The highest BCUT2D eigenvalue weighted by Crippen LogP contribution is 2.25. The Kier molecular flexibility index (Phi) is 4.54. The van der Waals surface area contributed by atoms with Gasteiger partial charge in [0.2, 0.25) is 11.8 Å². The summed E-state index contributed by atoms with van der Waals surface area (Å²) in [5.41, 5.74) is 0. The normalized spacial score (nSPS) is 27.1. The summed E-state index contributed by atoms with van der Waals surface area (Å²) >= 11 is 0. The zero-order chi connectivity index (χ0) is 14.8. The van der Waals surface area contributed by atoms with E-state index in [2.05, 4.69) is 10.6 Å². The van der Waals surface area contributed by atoms with Gasteiger partial charge in [-0.2, -0.15) is 0 Å². The molecule has 0 aliphatic carbocycles. The SMILES string of the molecule is CC(NC(=O)C1CC(F)(F)CN1)C(=O)N1CCOCC1. The Bertz CT molecular complexity index is 386. The van der Waals surface area contributed by atoms with Crippen molar-refractivity contribution in [3.8, 4) is 0 Å². The molecule has 2 rings (SSSR count). The van der Waals surface area contributed by atoms with Crippen molar-refractivity contribution in [2.24, 2.45) is 0 Å². The highest BCUT2D eigenvalue weighted by atomic mass is 19.3. The highest BCUT2D eigenvalue weighted by molar-refractivity contribution is 5.89. The second kappa shape index (κ2) is 6.01. The Hall–Kier alpha value is -1.28. The molecular weight excluding hydrogens is 272 g/mol. The predicted octanol–water partition coefficient (Wildman–Crippen LogP) is -0.653. The number of nitrogens with zero attached hydrogens (tertiary/aromatic N) is 1. The Labute approximate surface area is 115 Å². The molecule has 2 fully saturated rings. The maximum Gasteiger partial charge on any atom is 0.262 e. The quantitative estimate of drug-likeness (QED) is 0.725. The molecule has 114 valence electrons. The van der Waals surface area contributed by atoms with Gasteiger partial charge in [0.05, 0.1) is 25.8 Å². The lowest BCUT2D eigenvalue weighted by atomic mass is 10.1. The van der Waals surface area contributed by atoms with Gasteiger partial charge in [0.25, 0.3) is 5.92 Å². The molecule has 0 radical (unpaired) electrons. The molecule has 6 nitrogen and oxygen atoms in total. The van der Waals surface area contributed by atoms with Crippen LogP contribution in [0.15, 0.2) is 0 Å². The summed E-state index contributed by atoms with van der Waals surface area (Å²) in [4.78, 5) is 25.5. The van der Waals surface area contributed by atoms with Crippen molar-refractivity contribution in [3.05, 3.63) is 0 Å². The lowest BCUT2D eigenvalue weighted by Gasteiger charge is -2.29. The third-order valence-electron chi connectivity index (χ3n) is 3.48. The topological polar surface area (TPSA) is 70.7 Å². The van der Waals surface area contributed by atoms with Crippen LogP contribution in [0.5, 0.6) is 0 Å². The van der Waals surface area contributed by atoms with E-state index in [4.69, 9.17) is 4.74 Å². The minimum absolute atomic E-state index is 0.216. The molecule has 0 aromatic heterocycles. The van der Waals surface area contributed by atoms with Crippen molar-refractivity contribution in [1.29, 1.82) is 0 Å². The molecule has 2 unspecified atom stereocenters. The van der Waals surface area contributed by atoms with Gasteiger partial charge >= 0.3 is 0 Å². The van der Waals surface area contributed by atoms with Gasteiger partial charge in [-0.25, -0.2) is 8.78 Å². The average molecular weight is 291 g/mol. The molecule has 0 saturated carbocycles. The van der Waals surface area contributed by atoms with E-state index in [0.29, 0.717) is 26.3 Å². The number of morpholine rings is 1. The lowest BCUT2D eigenvalue weighted by Crippen LogP contribution is -2.53. The first-order valence-electron chi connectivity index (χ1n) is 6.67. The van der Waals surface area contributed by atoms with Crippen LogP contribution in [0.3, 0.4) is 0 Å². The predicted molar refractivity (Wildman–Crippen MR) is 66.4 cm³/mol. The van der Waals surface area contributed by atoms with Crippen LogP contribution < -0.4 is 10.6 Å². The van der Waals surface area contributed by atoms with Gasteiger partial charge in [-0.3, -0.25) is 14.9 Å². The van der Waals surface area contributed by atoms with Crippen molar-refractivity contribution in [1.82, 2.24) is 15.5 Å². The molecule has 2 heterocycles. The summed E-state index contributed by atoms with van der Waals surface area (Å²) in [7, 11) is 0. The molecule has 8 heteroatoms. The monoisotopic (exact) mass is 291 g/mol. The minimum atomic E-state index is -2.86. The van der Waals surface area contributed by atoms with E-state index in [1.54, 1.807) is 11.8 Å².